The fraction of sp³-hybridized carbons (Fsp3) is 0.471. The molecule has 21 heavy (non-hydrogen) atoms. The monoisotopic (exact) mass is 286 g/mol. The largest absolute Gasteiger partial charge is 0.449 e. The fourth-order valence-electron chi connectivity index (χ4n) is 2.75. The maximum absolute atomic E-state index is 12.3. The van der Waals surface area contributed by atoms with E-state index in [1.54, 1.807) is 0 Å². The molecule has 1 atom stereocenters. The Hall–Kier alpha value is -2.15. The smallest absolute Gasteiger partial charge is 0.341 e. The van der Waals surface area contributed by atoms with E-state index in [1.165, 1.54) is 6.42 Å². The zero-order valence-electron chi connectivity index (χ0n) is 12.7. The van der Waals surface area contributed by atoms with Gasteiger partial charge in [0.25, 0.3) is 0 Å². The number of hydrogen-bond acceptors (Lipinski definition) is 4. The highest BCUT2D eigenvalue weighted by Crippen LogP contribution is 2.30. The highest BCUT2D eigenvalue weighted by Gasteiger charge is 2.24. The summed E-state index contributed by atoms with van der Waals surface area (Å²) in [5.74, 6) is 1.97. The molecule has 0 amide bonds. The van der Waals surface area contributed by atoms with Gasteiger partial charge in [-0.1, -0.05) is 5.92 Å². The van der Waals surface area contributed by atoms with Crippen molar-refractivity contribution in [2.75, 3.05) is 30.4 Å². The number of esters is 1. The van der Waals surface area contributed by atoms with Gasteiger partial charge in [0.05, 0.1) is 11.3 Å². The van der Waals surface area contributed by atoms with Gasteiger partial charge < -0.3 is 15.0 Å². The molecule has 0 bridgehead atoms. The molecule has 4 heteroatoms. The second-order valence-electron chi connectivity index (χ2n) is 5.30. The van der Waals surface area contributed by atoms with Crippen LogP contribution in [-0.2, 0) is 4.74 Å². The van der Waals surface area contributed by atoms with E-state index in [0.717, 1.165) is 30.8 Å². The molecule has 1 fully saturated rings. The van der Waals surface area contributed by atoms with E-state index >= 15 is 0 Å². The van der Waals surface area contributed by atoms with Gasteiger partial charge in [0, 0.05) is 25.3 Å². The van der Waals surface area contributed by atoms with Crippen LogP contribution in [0, 0.1) is 12.3 Å². The Bertz CT molecular complexity index is 548. The van der Waals surface area contributed by atoms with Crippen molar-refractivity contribution in [2.45, 2.75) is 32.2 Å². The van der Waals surface area contributed by atoms with Crippen LogP contribution in [0.15, 0.2) is 18.2 Å². The summed E-state index contributed by atoms with van der Waals surface area (Å²) in [7, 11) is 1.83. The molecule has 4 nitrogen and oxygen atoms in total. The van der Waals surface area contributed by atoms with E-state index in [-0.39, 0.29) is 12.6 Å². The Morgan fingerprint density at radius 3 is 3.00 bits per heavy atom. The number of nitrogens with one attached hydrogen (secondary N) is 1. The molecule has 0 unspecified atom stereocenters. The Morgan fingerprint density at radius 2 is 2.33 bits per heavy atom. The predicted molar refractivity (Wildman–Crippen MR) is 85.8 cm³/mol. The van der Waals surface area contributed by atoms with Crippen molar-refractivity contribution in [3.8, 4) is 12.3 Å². The number of nitrogens with zero attached hydrogens (tertiary/aromatic N) is 1. The van der Waals surface area contributed by atoms with Crippen LogP contribution in [0.5, 0.6) is 0 Å². The molecular formula is C17H22N2O2. The van der Waals surface area contributed by atoms with Crippen LogP contribution >= 0.6 is 0 Å². The Kier molecular flexibility index (Phi) is 5.10. The zero-order chi connectivity index (χ0) is 15.2. The first-order valence-corrected chi connectivity index (χ1v) is 7.36. The summed E-state index contributed by atoms with van der Waals surface area (Å²) in [6, 6.07) is 6.22. The minimum atomic E-state index is -0.363. The van der Waals surface area contributed by atoms with E-state index in [2.05, 4.69) is 23.1 Å². The minimum Gasteiger partial charge on any atom is -0.449 e. The average molecular weight is 286 g/mol. The quantitative estimate of drug-likeness (QED) is 0.682. The van der Waals surface area contributed by atoms with Gasteiger partial charge >= 0.3 is 5.97 Å². The lowest BCUT2D eigenvalue weighted by atomic mass is 10.0. The van der Waals surface area contributed by atoms with Gasteiger partial charge in [-0.25, -0.2) is 4.79 Å². The molecule has 1 N–H and O–H groups in total. The normalized spacial score (nSPS) is 18.0. The lowest BCUT2D eigenvalue weighted by molar-refractivity contribution is 0.0557. The molecule has 1 aliphatic rings. The number of carbonyl (C=O) groups excluding carboxylic acids is 1. The summed E-state index contributed by atoms with van der Waals surface area (Å²) in [6.07, 6.45) is 8.70. The topological polar surface area (TPSA) is 41.6 Å². The number of terminal acetylenes is 1. The summed E-state index contributed by atoms with van der Waals surface area (Å²) >= 11 is 0. The predicted octanol–water partition coefficient (Wildman–Crippen LogP) is 2.90. The SMILES string of the molecule is C#CCOC(=O)c1cc(NC)ccc1N1CCCC[C@H]1C. The number of rotatable bonds is 4. The Morgan fingerprint density at radius 1 is 1.52 bits per heavy atom. The fourth-order valence-corrected chi connectivity index (χ4v) is 2.75. The molecule has 1 aromatic rings. The van der Waals surface area contributed by atoms with Gasteiger partial charge in [-0.2, -0.15) is 0 Å². The number of benzene rings is 1. The van der Waals surface area contributed by atoms with Crippen LogP contribution < -0.4 is 10.2 Å². The van der Waals surface area contributed by atoms with Crippen LogP contribution in [-0.4, -0.2) is 32.2 Å². The van der Waals surface area contributed by atoms with Crippen LogP contribution in [0.1, 0.15) is 36.5 Å². The summed E-state index contributed by atoms with van der Waals surface area (Å²) < 4.78 is 5.11. The molecule has 0 aliphatic carbocycles. The zero-order valence-corrected chi connectivity index (χ0v) is 12.7. The second kappa shape index (κ2) is 7.03. The molecule has 2 rings (SSSR count). The van der Waals surface area contributed by atoms with Crippen LogP contribution in [0.2, 0.25) is 0 Å². The third kappa shape index (κ3) is 3.49. The van der Waals surface area contributed by atoms with Crippen molar-refractivity contribution in [3.05, 3.63) is 23.8 Å². The molecule has 1 saturated heterocycles. The summed E-state index contributed by atoms with van der Waals surface area (Å²) in [5, 5.41) is 3.05. The third-order valence-corrected chi connectivity index (χ3v) is 3.90. The Labute approximate surface area is 126 Å². The van der Waals surface area contributed by atoms with E-state index < -0.39 is 0 Å². The molecular weight excluding hydrogens is 264 g/mol. The number of hydrogen-bond donors (Lipinski definition) is 1. The standard InChI is InChI=1S/C17H22N2O2/c1-4-11-21-17(20)15-12-14(18-3)8-9-16(15)19-10-6-5-7-13(19)2/h1,8-9,12-13,18H,5-7,10-11H2,2-3H3/t13-/m1/s1. The average Bonchev–Trinajstić information content (AvgIpc) is 2.52. The highest BCUT2D eigenvalue weighted by molar-refractivity contribution is 5.97. The maximum Gasteiger partial charge on any atom is 0.341 e. The molecule has 1 aromatic carbocycles. The van der Waals surface area contributed by atoms with Gasteiger partial charge in [-0.15, -0.1) is 6.42 Å². The third-order valence-electron chi connectivity index (χ3n) is 3.90. The van der Waals surface area contributed by atoms with Crippen LogP contribution in [0.25, 0.3) is 0 Å². The van der Waals surface area contributed by atoms with Gasteiger partial charge in [0.15, 0.2) is 6.61 Å². The van der Waals surface area contributed by atoms with Gasteiger partial charge in [0.2, 0.25) is 0 Å². The molecule has 1 aliphatic heterocycles. The van der Waals surface area contributed by atoms with E-state index in [4.69, 9.17) is 11.2 Å². The van der Waals surface area contributed by atoms with Crippen molar-refractivity contribution in [2.24, 2.45) is 0 Å². The van der Waals surface area contributed by atoms with Gasteiger partial charge in [-0.3, -0.25) is 0 Å². The first-order chi connectivity index (χ1) is 10.2. The first-order valence-electron chi connectivity index (χ1n) is 7.36. The lowest BCUT2D eigenvalue weighted by Crippen LogP contribution is -2.38. The molecule has 0 aromatic heterocycles. The second-order valence-corrected chi connectivity index (χ2v) is 5.30. The van der Waals surface area contributed by atoms with E-state index in [9.17, 15) is 4.79 Å². The van der Waals surface area contributed by atoms with Crippen molar-refractivity contribution in [1.29, 1.82) is 0 Å². The van der Waals surface area contributed by atoms with Crippen LogP contribution in [0.4, 0.5) is 11.4 Å². The number of piperidine rings is 1. The molecule has 0 radical (unpaired) electrons. The lowest BCUT2D eigenvalue weighted by Gasteiger charge is -2.36. The minimum absolute atomic E-state index is 0.00237. The van der Waals surface area contributed by atoms with Crippen LogP contribution in [0.3, 0.4) is 0 Å². The molecule has 0 saturated carbocycles. The van der Waals surface area contributed by atoms with Gasteiger partial charge in [0.1, 0.15) is 0 Å². The molecule has 112 valence electrons. The molecule has 0 spiro atoms. The van der Waals surface area contributed by atoms with Crippen molar-refractivity contribution < 1.29 is 9.53 Å². The summed E-state index contributed by atoms with van der Waals surface area (Å²) in [4.78, 5) is 14.6. The number of ether oxygens (including phenoxy) is 1. The molecule has 1 heterocycles. The summed E-state index contributed by atoms with van der Waals surface area (Å²) in [5.41, 5.74) is 2.39. The number of carbonyl (C=O) groups is 1. The van der Waals surface area contributed by atoms with Crippen molar-refractivity contribution in [1.82, 2.24) is 0 Å². The Balaban J connectivity index is 2.35. The first kappa shape index (κ1) is 15.2. The number of anilines is 2. The van der Waals surface area contributed by atoms with E-state index in [0.29, 0.717) is 11.6 Å². The maximum atomic E-state index is 12.3. The highest BCUT2D eigenvalue weighted by atomic mass is 16.5. The van der Waals surface area contributed by atoms with Crippen molar-refractivity contribution >= 4 is 17.3 Å². The summed E-state index contributed by atoms with van der Waals surface area (Å²) in [6.45, 7) is 3.16. The van der Waals surface area contributed by atoms with Crippen molar-refractivity contribution in [3.63, 3.8) is 0 Å². The van der Waals surface area contributed by atoms with Gasteiger partial charge in [-0.05, 0) is 44.4 Å². The van der Waals surface area contributed by atoms with E-state index in [1.807, 2.05) is 25.2 Å².